The summed E-state index contributed by atoms with van der Waals surface area (Å²) in [5.74, 6) is 1.96. The van der Waals surface area contributed by atoms with Crippen LogP contribution in [-0.4, -0.2) is 18.6 Å². The van der Waals surface area contributed by atoms with Gasteiger partial charge in [0.25, 0.3) is 0 Å². The van der Waals surface area contributed by atoms with E-state index >= 15 is 0 Å². The van der Waals surface area contributed by atoms with Gasteiger partial charge in [-0.25, -0.2) is 4.98 Å². The maximum absolute atomic E-state index is 5.64. The Bertz CT molecular complexity index is 383. The van der Waals surface area contributed by atoms with Gasteiger partial charge >= 0.3 is 0 Å². The first-order valence-electron chi connectivity index (χ1n) is 7.07. The standard InChI is InChI=1S/C15H25N3/c1-12-8-14(9-16)10-17-15(12)18(2)11-13-6-4-3-5-7-13/h8,10,13H,3-7,9,11,16H2,1-2H3. The van der Waals surface area contributed by atoms with E-state index in [1.807, 2.05) is 6.20 Å². The van der Waals surface area contributed by atoms with Crippen molar-refractivity contribution < 1.29 is 0 Å². The van der Waals surface area contributed by atoms with Crippen LogP contribution in [0.1, 0.15) is 43.2 Å². The van der Waals surface area contributed by atoms with E-state index in [-0.39, 0.29) is 0 Å². The SMILES string of the molecule is Cc1cc(CN)cnc1N(C)CC1CCCCC1. The highest BCUT2D eigenvalue weighted by molar-refractivity contribution is 5.46. The second-order valence-electron chi connectivity index (χ2n) is 5.57. The van der Waals surface area contributed by atoms with Crippen molar-refractivity contribution in [3.05, 3.63) is 23.4 Å². The zero-order chi connectivity index (χ0) is 13.0. The van der Waals surface area contributed by atoms with Crippen molar-refractivity contribution >= 4 is 5.82 Å². The lowest BCUT2D eigenvalue weighted by Crippen LogP contribution is -2.28. The Labute approximate surface area is 110 Å². The van der Waals surface area contributed by atoms with Crippen molar-refractivity contribution in [3.63, 3.8) is 0 Å². The molecule has 1 fully saturated rings. The smallest absolute Gasteiger partial charge is 0.131 e. The maximum atomic E-state index is 5.64. The number of aromatic nitrogens is 1. The summed E-state index contributed by atoms with van der Waals surface area (Å²) in [7, 11) is 2.16. The third kappa shape index (κ3) is 3.22. The topological polar surface area (TPSA) is 42.1 Å². The number of pyridine rings is 1. The fraction of sp³-hybridized carbons (Fsp3) is 0.667. The van der Waals surface area contributed by atoms with E-state index in [4.69, 9.17) is 5.73 Å². The second kappa shape index (κ2) is 6.19. The quantitative estimate of drug-likeness (QED) is 0.889. The van der Waals surface area contributed by atoms with Crippen LogP contribution < -0.4 is 10.6 Å². The van der Waals surface area contributed by atoms with Crippen molar-refractivity contribution in [2.24, 2.45) is 11.7 Å². The van der Waals surface area contributed by atoms with Gasteiger partial charge < -0.3 is 10.6 Å². The molecule has 0 saturated heterocycles. The molecule has 1 saturated carbocycles. The molecule has 0 spiro atoms. The lowest BCUT2D eigenvalue weighted by atomic mass is 9.89. The van der Waals surface area contributed by atoms with Crippen LogP contribution in [0.3, 0.4) is 0 Å². The molecule has 2 N–H and O–H groups in total. The van der Waals surface area contributed by atoms with Crippen molar-refractivity contribution in [1.82, 2.24) is 4.98 Å². The Morgan fingerprint density at radius 2 is 2.06 bits per heavy atom. The molecule has 100 valence electrons. The molecule has 3 heteroatoms. The highest BCUT2D eigenvalue weighted by Gasteiger charge is 2.17. The molecule has 2 rings (SSSR count). The number of hydrogen-bond acceptors (Lipinski definition) is 3. The van der Waals surface area contributed by atoms with Gasteiger partial charge in [-0.15, -0.1) is 0 Å². The first-order chi connectivity index (χ1) is 8.70. The Morgan fingerprint density at radius 1 is 1.33 bits per heavy atom. The van der Waals surface area contributed by atoms with Gasteiger partial charge in [0, 0.05) is 26.3 Å². The Balaban J connectivity index is 2.01. The Morgan fingerprint density at radius 3 is 2.67 bits per heavy atom. The van der Waals surface area contributed by atoms with E-state index in [0.717, 1.165) is 23.8 Å². The molecule has 1 aromatic rings. The average Bonchev–Trinajstić information content (AvgIpc) is 2.39. The fourth-order valence-corrected chi connectivity index (χ4v) is 2.98. The first-order valence-corrected chi connectivity index (χ1v) is 7.07. The molecule has 1 heterocycles. The van der Waals surface area contributed by atoms with E-state index < -0.39 is 0 Å². The minimum absolute atomic E-state index is 0.570. The molecule has 0 atom stereocenters. The fourth-order valence-electron chi connectivity index (χ4n) is 2.98. The number of anilines is 1. The van der Waals surface area contributed by atoms with Crippen LogP contribution in [0.15, 0.2) is 12.3 Å². The summed E-state index contributed by atoms with van der Waals surface area (Å²) in [6.45, 7) is 3.83. The summed E-state index contributed by atoms with van der Waals surface area (Å²) < 4.78 is 0. The number of aryl methyl sites for hydroxylation is 1. The third-order valence-electron chi connectivity index (χ3n) is 3.96. The van der Waals surface area contributed by atoms with Crippen LogP contribution in [0.25, 0.3) is 0 Å². The lowest BCUT2D eigenvalue weighted by Gasteiger charge is -2.28. The van der Waals surface area contributed by atoms with Crippen LogP contribution in [0.5, 0.6) is 0 Å². The Hall–Kier alpha value is -1.09. The van der Waals surface area contributed by atoms with Gasteiger partial charge in [0.2, 0.25) is 0 Å². The highest BCUT2D eigenvalue weighted by Crippen LogP contribution is 2.26. The van der Waals surface area contributed by atoms with Crippen molar-refractivity contribution in [1.29, 1.82) is 0 Å². The molecular weight excluding hydrogens is 222 g/mol. The molecule has 0 bridgehead atoms. The number of nitrogens with zero attached hydrogens (tertiary/aromatic N) is 2. The largest absolute Gasteiger partial charge is 0.359 e. The van der Waals surface area contributed by atoms with Crippen molar-refractivity contribution in [3.8, 4) is 0 Å². The number of rotatable bonds is 4. The molecule has 0 aromatic carbocycles. The minimum Gasteiger partial charge on any atom is -0.359 e. The van der Waals surface area contributed by atoms with Gasteiger partial charge in [-0.2, -0.15) is 0 Å². The van der Waals surface area contributed by atoms with Crippen molar-refractivity contribution in [2.45, 2.75) is 45.6 Å². The zero-order valence-electron chi connectivity index (χ0n) is 11.7. The van der Waals surface area contributed by atoms with E-state index in [0.29, 0.717) is 6.54 Å². The van der Waals surface area contributed by atoms with Crippen LogP contribution in [0.2, 0.25) is 0 Å². The van der Waals surface area contributed by atoms with Crippen LogP contribution in [0, 0.1) is 12.8 Å². The van der Waals surface area contributed by atoms with E-state index in [2.05, 4.69) is 29.9 Å². The molecule has 0 unspecified atom stereocenters. The van der Waals surface area contributed by atoms with E-state index in [1.54, 1.807) is 0 Å². The molecule has 1 aliphatic carbocycles. The Kier molecular flexibility index (Phi) is 4.59. The van der Waals surface area contributed by atoms with Gasteiger partial charge in [-0.3, -0.25) is 0 Å². The van der Waals surface area contributed by atoms with Crippen LogP contribution >= 0.6 is 0 Å². The molecular formula is C15H25N3. The molecule has 18 heavy (non-hydrogen) atoms. The van der Waals surface area contributed by atoms with Gasteiger partial charge in [0.1, 0.15) is 5.82 Å². The zero-order valence-corrected chi connectivity index (χ0v) is 11.7. The predicted octanol–water partition coefficient (Wildman–Crippen LogP) is 2.87. The van der Waals surface area contributed by atoms with Crippen LogP contribution in [0.4, 0.5) is 5.82 Å². The molecule has 0 radical (unpaired) electrons. The van der Waals surface area contributed by atoms with E-state index in [1.165, 1.54) is 37.7 Å². The summed E-state index contributed by atoms with van der Waals surface area (Å²) in [5, 5.41) is 0. The molecule has 0 amide bonds. The molecule has 0 aliphatic heterocycles. The lowest BCUT2D eigenvalue weighted by molar-refractivity contribution is 0.361. The summed E-state index contributed by atoms with van der Waals surface area (Å²) in [4.78, 5) is 6.87. The predicted molar refractivity (Wildman–Crippen MR) is 76.7 cm³/mol. The third-order valence-corrected chi connectivity index (χ3v) is 3.96. The first kappa shape index (κ1) is 13.3. The minimum atomic E-state index is 0.570. The number of nitrogens with two attached hydrogens (primary N) is 1. The number of hydrogen-bond donors (Lipinski definition) is 1. The van der Waals surface area contributed by atoms with Crippen molar-refractivity contribution in [2.75, 3.05) is 18.5 Å². The molecule has 1 aliphatic rings. The monoisotopic (exact) mass is 247 g/mol. The average molecular weight is 247 g/mol. The highest BCUT2D eigenvalue weighted by atomic mass is 15.2. The summed E-state index contributed by atoms with van der Waals surface area (Å²) in [5.41, 5.74) is 7.99. The van der Waals surface area contributed by atoms with Crippen LogP contribution in [-0.2, 0) is 6.54 Å². The molecule has 3 nitrogen and oxygen atoms in total. The van der Waals surface area contributed by atoms with Gasteiger partial charge in [0.15, 0.2) is 0 Å². The second-order valence-corrected chi connectivity index (χ2v) is 5.57. The summed E-state index contributed by atoms with van der Waals surface area (Å²) >= 11 is 0. The molecule has 1 aromatic heterocycles. The summed E-state index contributed by atoms with van der Waals surface area (Å²) in [6, 6.07) is 2.15. The maximum Gasteiger partial charge on any atom is 0.131 e. The van der Waals surface area contributed by atoms with Gasteiger partial charge in [-0.1, -0.05) is 19.3 Å². The summed E-state index contributed by atoms with van der Waals surface area (Å²) in [6.07, 6.45) is 8.88. The van der Waals surface area contributed by atoms with Gasteiger partial charge in [0.05, 0.1) is 0 Å². The normalized spacial score (nSPS) is 16.8. The van der Waals surface area contributed by atoms with E-state index in [9.17, 15) is 0 Å². The van der Waals surface area contributed by atoms with Gasteiger partial charge in [-0.05, 0) is 42.9 Å².